The molecule has 1 fully saturated rings. The first-order valence-electron chi connectivity index (χ1n) is 5.74. The molecule has 1 aliphatic rings. The molecule has 3 nitrogen and oxygen atoms in total. The molecule has 0 aliphatic heterocycles. The van der Waals surface area contributed by atoms with Crippen molar-refractivity contribution in [3.8, 4) is 11.3 Å². The lowest BCUT2D eigenvalue weighted by molar-refractivity contribution is 0.587. The number of nitrogens with one attached hydrogen (secondary N) is 2. The van der Waals surface area contributed by atoms with Crippen molar-refractivity contribution in [1.29, 1.82) is 0 Å². The topological polar surface area (TPSA) is 40.7 Å². The van der Waals surface area contributed by atoms with Gasteiger partial charge >= 0.3 is 0 Å². The number of halogens is 1. The number of nitrogens with zero attached hydrogens (tertiary/aromatic N) is 1. The van der Waals surface area contributed by atoms with Crippen LogP contribution < -0.4 is 5.32 Å². The molecule has 0 radical (unpaired) electrons. The maximum absolute atomic E-state index is 12.9. The summed E-state index contributed by atoms with van der Waals surface area (Å²) in [5.74, 6) is -0.218. The van der Waals surface area contributed by atoms with Gasteiger partial charge in [-0.15, -0.1) is 0 Å². The van der Waals surface area contributed by atoms with E-state index in [1.165, 1.54) is 17.7 Å². The molecule has 88 valence electrons. The van der Waals surface area contributed by atoms with Gasteiger partial charge in [-0.1, -0.05) is 0 Å². The van der Waals surface area contributed by atoms with Gasteiger partial charge in [0.1, 0.15) is 5.82 Å². The molecule has 0 saturated heterocycles. The summed E-state index contributed by atoms with van der Waals surface area (Å²) in [5.41, 5.74) is 3.19. The summed E-state index contributed by atoms with van der Waals surface area (Å²) in [6.07, 6.45) is 4.11. The average Bonchev–Trinajstić information content (AvgIpc) is 3.00. The smallest absolute Gasteiger partial charge is 0.123 e. The van der Waals surface area contributed by atoms with Crippen LogP contribution in [0, 0.1) is 5.82 Å². The molecule has 0 spiro atoms. The van der Waals surface area contributed by atoms with Crippen LogP contribution in [0.5, 0.6) is 0 Å². The lowest BCUT2D eigenvalue weighted by Crippen LogP contribution is -2.24. The van der Waals surface area contributed by atoms with Gasteiger partial charge in [-0.2, -0.15) is 5.10 Å². The summed E-state index contributed by atoms with van der Waals surface area (Å²) in [6.45, 7) is 0. The molecule has 4 heteroatoms. The zero-order chi connectivity index (χ0) is 11.9. The predicted molar refractivity (Wildman–Crippen MR) is 64.0 cm³/mol. The van der Waals surface area contributed by atoms with Crippen molar-refractivity contribution in [1.82, 2.24) is 15.5 Å². The van der Waals surface area contributed by atoms with Gasteiger partial charge < -0.3 is 5.32 Å². The van der Waals surface area contributed by atoms with Gasteiger partial charge in [0.05, 0.1) is 11.9 Å². The van der Waals surface area contributed by atoms with Crippen molar-refractivity contribution in [3.63, 3.8) is 0 Å². The predicted octanol–water partition coefficient (Wildman–Crippen LogP) is 2.42. The van der Waals surface area contributed by atoms with E-state index in [4.69, 9.17) is 0 Å². The van der Waals surface area contributed by atoms with E-state index in [2.05, 4.69) is 15.5 Å². The highest BCUT2D eigenvalue weighted by Gasteiger charge is 2.45. The van der Waals surface area contributed by atoms with E-state index in [9.17, 15) is 4.39 Å². The van der Waals surface area contributed by atoms with Crippen LogP contribution in [-0.4, -0.2) is 17.2 Å². The second-order valence-electron chi connectivity index (χ2n) is 4.50. The molecule has 0 amide bonds. The van der Waals surface area contributed by atoms with E-state index in [0.29, 0.717) is 0 Å². The molecular weight excluding hydrogens is 217 g/mol. The Morgan fingerprint density at radius 2 is 2.00 bits per heavy atom. The fourth-order valence-electron chi connectivity index (χ4n) is 2.26. The number of benzene rings is 1. The van der Waals surface area contributed by atoms with Crippen LogP contribution in [0.3, 0.4) is 0 Å². The number of aromatic nitrogens is 2. The zero-order valence-corrected chi connectivity index (χ0v) is 9.63. The molecule has 0 bridgehead atoms. The lowest BCUT2D eigenvalue weighted by atomic mass is 10.0. The van der Waals surface area contributed by atoms with E-state index in [-0.39, 0.29) is 11.4 Å². The van der Waals surface area contributed by atoms with Crippen molar-refractivity contribution < 1.29 is 4.39 Å². The van der Waals surface area contributed by atoms with Gasteiger partial charge in [-0.05, 0) is 44.2 Å². The highest BCUT2D eigenvalue weighted by molar-refractivity contribution is 5.65. The first-order valence-corrected chi connectivity index (χ1v) is 5.74. The quantitative estimate of drug-likeness (QED) is 0.851. The molecule has 2 aromatic rings. The first-order chi connectivity index (χ1) is 8.25. The van der Waals surface area contributed by atoms with Crippen LogP contribution in [0.15, 0.2) is 30.5 Å². The van der Waals surface area contributed by atoms with Crippen LogP contribution in [0.4, 0.5) is 4.39 Å². The fourth-order valence-corrected chi connectivity index (χ4v) is 2.26. The van der Waals surface area contributed by atoms with Gasteiger partial charge in [0, 0.05) is 16.7 Å². The van der Waals surface area contributed by atoms with Gasteiger partial charge in [0.15, 0.2) is 0 Å². The molecular formula is C13H14FN3. The molecule has 0 atom stereocenters. The Balaban J connectivity index is 2.04. The van der Waals surface area contributed by atoms with E-state index in [1.807, 2.05) is 13.2 Å². The Morgan fingerprint density at radius 3 is 2.59 bits per heavy atom. The summed E-state index contributed by atoms with van der Waals surface area (Å²) >= 11 is 0. The molecule has 3 rings (SSSR count). The highest BCUT2D eigenvalue weighted by Crippen LogP contribution is 2.47. The van der Waals surface area contributed by atoms with E-state index in [0.717, 1.165) is 24.1 Å². The number of H-pyrrole nitrogens is 1. The van der Waals surface area contributed by atoms with Crippen LogP contribution >= 0.6 is 0 Å². The molecule has 1 aromatic heterocycles. The maximum atomic E-state index is 12.9. The Hall–Kier alpha value is -1.68. The van der Waals surface area contributed by atoms with Crippen LogP contribution in [0.25, 0.3) is 11.3 Å². The van der Waals surface area contributed by atoms with Crippen molar-refractivity contribution in [2.24, 2.45) is 0 Å². The average molecular weight is 231 g/mol. The monoisotopic (exact) mass is 231 g/mol. The molecule has 1 heterocycles. The highest BCUT2D eigenvalue weighted by atomic mass is 19.1. The van der Waals surface area contributed by atoms with Crippen molar-refractivity contribution in [2.45, 2.75) is 18.4 Å². The minimum Gasteiger partial charge on any atom is -0.310 e. The number of hydrogen-bond acceptors (Lipinski definition) is 2. The third-order valence-corrected chi connectivity index (χ3v) is 3.52. The van der Waals surface area contributed by atoms with Crippen molar-refractivity contribution in [2.75, 3.05) is 7.05 Å². The Kier molecular flexibility index (Phi) is 2.26. The van der Waals surface area contributed by atoms with Gasteiger partial charge in [-0.3, -0.25) is 5.10 Å². The van der Waals surface area contributed by atoms with Crippen LogP contribution in [0.1, 0.15) is 18.4 Å². The normalized spacial score (nSPS) is 17.1. The third kappa shape index (κ3) is 1.65. The third-order valence-electron chi connectivity index (χ3n) is 3.52. The standard InChI is InChI=1S/C13H14FN3/c1-15-13(6-7-13)11-8-16-17-12(11)9-2-4-10(14)5-3-9/h2-5,8,15H,6-7H2,1H3,(H,16,17). The summed E-state index contributed by atoms with van der Waals surface area (Å²) in [4.78, 5) is 0. The fraction of sp³-hybridized carbons (Fsp3) is 0.308. The van der Waals surface area contributed by atoms with Gasteiger partial charge in [0.25, 0.3) is 0 Å². The SMILES string of the molecule is CNC1(c2cn[nH]c2-c2ccc(F)cc2)CC1. The minimum atomic E-state index is -0.218. The molecule has 2 N–H and O–H groups in total. The summed E-state index contributed by atoms with van der Waals surface area (Å²) in [6, 6.07) is 6.49. The Labute approximate surface area is 99.1 Å². The summed E-state index contributed by atoms with van der Waals surface area (Å²) in [7, 11) is 1.97. The minimum absolute atomic E-state index is 0.0662. The lowest BCUT2D eigenvalue weighted by Gasteiger charge is -2.14. The van der Waals surface area contributed by atoms with Crippen molar-refractivity contribution in [3.05, 3.63) is 41.8 Å². The number of rotatable bonds is 3. The first kappa shape index (κ1) is 10.5. The molecule has 1 aliphatic carbocycles. The molecule has 17 heavy (non-hydrogen) atoms. The summed E-state index contributed by atoms with van der Waals surface area (Å²) < 4.78 is 12.9. The molecule has 0 unspecified atom stereocenters. The number of hydrogen-bond donors (Lipinski definition) is 2. The second-order valence-corrected chi connectivity index (χ2v) is 4.50. The molecule has 1 aromatic carbocycles. The summed E-state index contributed by atoms with van der Waals surface area (Å²) in [5, 5.41) is 10.5. The van der Waals surface area contributed by atoms with Gasteiger partial charge in [-0.25, -0.2) is 4.39 Å². The number of aromatic amines is 1. The van der Waals surface area contributed by atoms with Crippen molar-refractivity contribution >= 4 is 0 Å². The Morgan fingerprint density at radius 1 is 1.29 bits per heavy atom. The Bertz CT molecular complexity index is 526. The second kappa shape index (κ2) is 3.67. The molecule has 1 saturated carbocycles. The largest absolute Gasteiger partial charge is 0.310 e. The van der Waals surface area contributed by atoms with E-state index >= 15 is 0 Å². The van der Waals surface area contributed by atoms with Crippen LogP contribution in [0.2, 0.25) is 0 Å². The van der Waals surface area contributed by atoms with Crippen LogP contribution in [-0.2, 0) is 5.54 Å². The van der Waals surface area contributed by atoms with E-state index < -0.39 is 0 Å². The van der Waals surface area contributed by atoms with E-state index in [1.54, 1.807) is 12.1 Å². The zero-order valence-electron chi connectivity index (χ0n) is 9.63. The maximum Gasteiger partial charge on any atom is 0.123 e. The van der Waals surface area contributed by atoms with Gasteiger partial charge in [0.2, 0.25) is 0 Å².